The van der Waals surface area contributed by atoms with Gasteiger partial charge in [0.1, 0.15) is 12.2 Å². The van der Waals surface area contributed by atoms with Gasteiger partial charge in [-0.05, 0) is 33.6 Å². The number of Topliss-reactive ketones (excluding diaryl/α,β-unsaturated/α-hetero) is 1. The van der Waals surface area contributed by atoms with E-state index in [4.69, 9.17) is 9.47 Å². The first-order chi connectivity index (χ1) is 6.04. The smallest absolute Gasteiger partial charge is 0.189 e. The Bertz CT molecular complexity index is 181. The van der Waals surface area contributed by atoms with Gasteiger partial charge in [0.05, 0.1) is 6.10 Å². The third-order valence-electron chi connectivity index (χ3n) is 2.36. The fourth-order valence-corrected chi connectivity index (χ4v) is 1.39. The number of carbonyl (C=O) groups excluding carboxylic acids is 1. The van der Waals surface area contributed by atoms with Crippen molar-refractivity contribution in [2.45, 2.75) is 45.3 Å². The molecule has 0 aromatic heterocycles. The van der Waals surface area contributed by atoms with Crippen LogP contribution in [0.15, 0.2) is 0 Å². The molecule has 1 heterocycles. The third-order valence-corrected chi connectivity index (χ3v) is 2.36. The normalized spacial score (nSPS) is 28.3. The van der Waals surface area contributed by atoms with Gasteiger partial charge in [0, 0.05) is 6.61 Å². The van der Waals surface area contributed by atoms with Gasteiger partial charge in [-0.25, -0.2) is 0 Å². The minimum Gasteiger partial charge on any atom is -0.371 e. The molecule has 0 aromatic carbocycles. The standard InChI is InChI=1S/C10H18O3/c1-8(2)12-7-9(11)10(3)5-4-6-13-10/h8H,4-7H2,1-3H3. The molecule has 1 fully saturated rings. The van der Waals surface area contributed by atoms with Crippen LogP contribution in [0.3, 0.4) is 0 Å². The van der Waals surface area contributed by atoms with Gasteiger partial charge < -0.3 is 9.47 Å². The number of rotatable bonds is 4. The number of ether oxygens (including phenoxy) is 2. The van der Waals surface area contributed by atoms with Crippen molar-refractivity contribution in [1.29, 1.82) is 0 Å². The van der Waals surface area contributed by atoms with Gasteiger partial charge in [-0.2, -0.15) is 0 Å². The van der Waals surface area contributed by atoms with Crippen molar-refractivity contribution in [3.8, 4) is 0 Å². The topological polar surface area (TPSA) is 35.5 Å². The molecular formula is C10H18O3. The predicted octanol–water partition coefficient (Wildman–Crippen LogP) is 1.55. The molecule has 1 rings (SSSR count). The van der Waals surface area contributed by atoms with Crippen molar-refractivity contribution >= 4 is 5.78 Å². The van der Waals surface area contributed by atoms with E-state index < -0.39 is 5.60 Å². The largest absolute Gasteiger partial charge is 0.371 e. The van der Waals surface area contributed by atoms with Gasteiger partial charge in [-0.1, -0.05) is 0 Å². The summed E-state index contributed by atoms with van der Waals surface area (Å²) in [6, 6.07) is 0. The van der Waals surface area contributed by atoms with Crippen molar-refractivity contribution < 1.29 is 14.3 Å². The van der Waals surface area contributed by atoms with Gasteiger partial charge in [0.15, 0.2) is 5.78 Å². The Labute approximate surface area is 79.4 Å². The zero-order valence-corrected chi connectivity index (χ0v) is 8.63. The second-order valence-corrected chi connectivity index (χ2v) is 3.97. The minimum atomic E-state index is -0.575. The zero-order valence-electron chi connectivity index (χ0n) is 8.63. The highest BCUT2D eigenvalue weighted by molar-refractivity contribution is 5.88. The van der Waals surface area contributed by atoms with Gasteiger partial charge >= 0.3 is 0 Å². The Morgan fingerprint density at radius 2 is 2.31 bits per heavy atom. The van der Waals surface area contributed by atoms with E-state index in [9.17, 15) is 4.79 Å². The van der Waals surface area contributed by atoms with Crippen LogP contribution in [0.5, 0.6) is 0 Å². The van der Waals surface area contributed by atoms with E-state index in [-0.39, 0.29) is 18.5 Å². The summed E-state index contributed by atoms with van der Waals surface area (Å²) < 4.78 is 10.7. The highest BCUT2D eigenvalue weighted by Gasteiger charge is 2.37. The minimum absolute atomic E-state index is 0.0682. The van der Waals surface area contributed by atoms with Crippen LogP contribution in [0.1, 0.15) is 33.6 Å². The summed E-state index contributed by atoms with van der Waals surface area (Å²) in [7, 11) is 0. The Kier molecular flexibility index (Phi) is 3.45. The zero-order chi connectivity index (χ0) is 9.90. The quantitative estimate of drug-likeness (QED) is 0.668. The molecule has 1 atom stereocenters. The molecular weight excluding hydrogens is 168 g/mol. The molecule has 3 heteroatoms. The van der Waals surface area contributed by atoms with Crippen LogP contribution in [-0.2, 0) is 14.3 Å². The van der Waals surface area contributed by atoms with Crippen molar-refractivity contribution in [2.24, 2.45) is 0 Å². The Balaban J connectivity index is 2.38. The van der Waals surface area contributed by atoms with Gasteiger partial charge in [-0.15, -0.1) is 0 Å². The SMILES string of the molecule is CC(C)OCC(=O)C1(C)CCCO1. The average molecular weight is 186 g/mol. The van der Waals surface area contributed by atoms with Crippen molar-refractivity contribution in [1.82, 2.24) is 0 Å². The van der Waals surface area contributed by atoms with E-state index in [1.165, 1.54) is 0 Å². The van der Waals surface area contributed by atoms with Gasteiger partial charge in [0.2, 0.25) is 0 Å². The summed E-state index contributed by atoms with van der Waals surface area (Å²) in [5, 5.41) is 0. The van der Waals surface area contributed by atoms with Crippen molar-refractivity contribution in [3.63, 3.8) is 0 Å². The van der Waals surface area contributed by atoms with Crippen LogP contribution in [0, 0.1) is 0 Å². The van der Waals surface area contributed by atoms with Crippen molar-refractivity contribution in [2.75, 3.05) is 13.2 Å². The molecule has 1 aliphatic rings. The molecule has 0 bridgehead atoms. The fraction of sp³-hybridized carbons (Fsp3) is 0.900. The summed E-state index contributed by atoms with van der Waals surface area (Å²) in [4.78, 5) is 11.6. The van der Waals surface area contributed by atoms with Crippen LogP contribution in [0.4, 0.5) is 0 Å². The van der Waals surface area contributed by atoms with Crippen LogP contribution in [0.25, 0.3) is 0 Å². The summed E-state index contributed by atoms with van der Waals surface area (Å²) in [5.41, 5.74) is -0.575. The Morgan fingerprint density at radius 3 is 2.77 bits per heavy atom. The Morgan fingerprint density at radius 1 is 1.62 bits per heavy atom. The molecule has 0 amide bonds. The number of hydrogen-bond donors (Lipinski definition) is 0. The summed E-state index contributed by atoms with van der Waals surface area (Å²) in [5.74, 6) is 0.0682. The van der Waals surface area contributed by atoms with Crippen LogP contribution < -0.4 is 0 Å². The lowest BCUT2D eigenvalue weighted by Crippen LogP contribution is -2.37. The van der Waals surface area contributed by atoms with E-state index in [1.54, 1.807) is 0 Å². The maximum atomic E-state index is 11.6. The number of ketones is 1. The molecule has 0 aromatic rings. The molecule has 1 saturated heterocycles. The number of carbonyl (C=O) groups is 1. The molecule has 76 valence electrons. The van der Waals surface area contributed by atoms with E-state index in [1.807, 2.05) is 20.8 Å². The summed E-state index contributed by atoms with van der Waals surface area (Å²) in [6.45, 7) is 6.57. The van der Waals surface area contributed by atoms with Gasteiger partial charge in [0.25, 0.3) is 0 Å². The molecule has 0 N–H and O–H groups in total. The maximum absolute atomic E-state index is 11.6. The first-order valence-corrected chi connectivity index (χ1v) is 4.83. The second-order valence-electron chi connectivity index (χ2n) is 3.97. The molecule has 3 nitrogen and oxygen atoms in total. The highest BCUT2D eigenvalue weighted by Crippen LogP contribution is 2.25. The molecule has 1 aliphatic heterocycles. The highest BCUT2D eigenvalue weighted by atomic mass is 16.5. The summed E-state index contributed by atoms with van der Waals surface area (Å²) >= 11 is 0. The molecule has 0 radical (unpaired) electrons. The van der Waals surface area contributed by atoms with E-state index in [0.29, 0.717) is 6.61 Å². The van der Waals surface area contributed by atoms with E-state index in [2.05, 4.69) is 0 Å². The molecule has 1 unspecified atom stereocenters. The van der Waals surface area contributed by atoms with Crippen LogP contribution in [-0.4, -0.2) is 30.7 Å². The summed E-state index contributed by atoms with van der Waals surface area (Å²) in [6.07, 6.45) is 1.91. The lowest BCUT2D eigenvalue weighted by Gasteiger charge is -2.21. The molecule has 0 spiro atoms. The molecule has 13 heavy (non-hydrogen) atoms. The Hall–Kier alpha value is -0.410. The van der Waals surface area contributed by atoms with E-state index in [0.717, 1.165) is 12.8 Å². The number of hydrogen-bond acceptors (Lipinski definition) is 3. The molecule has 0 aliphatic carbocycles. The van der Waals surface area contributed by atoms with Gasteiger partial charge in [-0.3, -0.25) is 4.79 Å². The molecule has 0 saturated carbocycles. The second kappa shape index (κ2) is 4.20. The van der Waals surface area contributed by atoms with Crippen LogP contribution in [0.2, 0.25) is 0 Å². The van der Waals surface area contributed by atoms with Crippen LogP contribution >= 0.6 is 0 Å². The van der Waals surface area contributed by atoms with Crippen molar-refractivity contribution in [3.05, 3.63) is 0 Å². The average Bonchev–Trinajstić information content (AvgIpc) is 2.49. The van der Waals surface area contributed by atoms with E-state index >= 15 is 0 Å². The lowest BCUT2D eigenvalue weighted by molar-refractivity contribution is -0.143. The third kappa shape index (κ3) is 2.78. The fourth-order valence-electron chi connectivity index (χ4n) is 1.39. The predicted molar refractivity (Wildman–Crippen MR) is 49.7 cm³/mol. The lowest BCUT2D eigenvalue weighted by atomic mass is 9.98. The first-order valence-electron chi connectivity index (χ1n) is 4.83. The monoisotopic (exact) mass is 186 g/mol. The first kappa shape index (κ1) is 10.7. The maximum Gasteiger partial charge on any atom is 0.189 e.